The number of rotatable bonds is 6. The van der Waals surface area contributed by atoms with Crippen LogP contribution in [0.4, 0.5) is 5.69 Å². The van der Waals surface area contributed by atoms with E-state index in [2.05, 4.69) is 11.9 Å². The molecule has 1 unspecified atom stereocenters. The summed E-state index contributed by atoms with van der Waals surface area (Å²) in [5, 5.41) is 0. The zero-order valence-electron chi connectivity index (χ0n) is 9.65. The zero-order valence-corrected chi connectivity index (χ0v) is 9.65. The van der Waals surface area contributed by atoms with Crippen LogP contribution in [-0.4, -0.2) is 16.8 Å². The molecule has 0 saturated carbocycles. The summed E-state index contributed by atoms with van der Waals surface area (Å²) in [6.07, 6.45) is 5.89. The van der Waals surface area contributed by atoms with Gasteiger partial charge < -0.3 is 11.5 Å². The molecule has 16 heavy (non-hydrogen) atoms. The number of nitrogens with zero attached hydrogens (tertiary/aromatic N) is 1. The molecule has 1 heterocycles. The first-order chi connectivity index (χ1) is 7.63. The van der Waals surface area contributed by atoms with Crippen LogP contribution < -0.4 is 11.5 Å². The monoisotopic (exact) mass is 221 g/mol. The van der Waals surface area contributed by atoms with E-state index in [4.69, 9.17) is 11.5 Å². The lowest BCUT2D eigenvalue weighted by Crippen LogP contribution is -2.24. The van der Waals surface area contributed by atoms with Gasteiger partial charge >= 0.3 is 0 Å². The van der Waals surface area contributed by atoms with Crippen molar-refractivity contribution in [1.29, 1.82) is 0 Å². The maximum absolute atomic E-state index is 11.7. The van der Waals surface area contributed by atoms with E-state index in [1.54, 1.807) is 18.5 Å². The molecule has 1 rings (SSSR count). The molecule has 1 aromatic heterocycles. The SMILES string of the molecule is CCCC(N)CC(=O)Cc1cnccc1N. The molecule has 0 fully saturated rings. The third-order valence-corrected chi connectivity index (χ3v) is 2.48. The fourth-order valence-corrected chi connectivity index (χ4v) is 1.64. The minimum absolute atomic E-state index is 0.0320. The molecular weight excluding hydrogens is 202 g/mol. The number of carbonyl (C=O) groups is 1. The Balaban J connectivity index is 2.49. The fourth-order valence-electron chi connectivity index (χ4n) is 1.64. The number of pyridine rings is 1. The van der Waals surface area contributed by atoms with Gasteiger partial charge in [0.1, 0.15) is 5.78 Å². The Kier molecular flexibility index (Phi) is 4.92. The van der Waals surface area contributed by atoms with Gasteiger partial charge in [0.15, 0.2) is 0 Å². The number of ketones is 1. The van der Waals surface area contributed by atoms with Crippen LogP contribution in [0.2, 0.25) is 0 Å². The molecule has 0 radical (unpaired) electrons. The summed E-state index contributed by atoms with van der Waals surface area (Å²) in [7, 11) is 0. The van der Waals surface area contributed by atoms with Gasteiger partial charge in [-0.15, -0.1) is 0 Å². The minimum atomic E-state index is -0.0320. The lowest BCUT2D eigenvalue weighted by molar-refractivity contribution is -0.118. The van der Waals surface area contributed by atoms with Gasteiger partial charge in [-0.25, -0.2) is 0 Å². The van der Waals surface area contributed by atoms with Crippen molar-refractivity contribution in [2.24, 2.45) is 5.73 Å². The van der Waals surface area contributed by atoms with Crippen molar-refractivity contribution in [3.05, 3.63) is 24.0 Å². The molecule has 0 bridgehead atoms. The van der Waals surface area contributed by atoms with Crippen molar-refractivity contribution in [3.63, 3.8) is 0 Å². The summed E-state index contributed by atoms with van der Waals surface area (Å²) in [6.45, 7) is 2.06. The highest BCUT2D eigenvalue weighted by Crippen LogP contribution is 2.11. The lowest BCUT2D eigenvalue weighted by atomic mass is 10.0. The maximum Gasteiger partial charge on any atom is 0.138 e. The van der Waals surface area contributed by atoms with E-state index in [1.807, 2.05) is 0 Å². The highest BCUT2D eigenvalue weighted by Gasteiger charge is 2.11. The van der Waals surface area contributed by atoms with E-state index >= 15 is 0 Å². The van der Waals surface area contributed by atoms with Crippen LogP contribution in [0.3, 0.4) is 0 Å². The molecule has 0 saturated heterocycles. The average Bonchev–Trinajstić information content (AvgIpc) is 2.21. The van der Waals surface area contributed by atoms with Crippen molar-refractivity contribution in [1.82, 2.24) is 4.98 Å². The van der Waals surface area contributed by atoms with Gasteiger partial charge in [-0.05, 0) is 12.5 Å². The van der Waals surface area contributed by atoms with Gasteiger partial charge in [-0.1, -0.05) is 13.3 Å². The van der Waals surface area contributed by atoms with E-state index in [9.17, 15) is 4.79 Å². The minimum Gasteiger partial charge on any atom is -0.398 e. The van der Waals surface area contributed by atoms with Crippen molar-refractivity contribution in [2.45, 2.75) is 38.6 Å². The van der Waals surface area contributed by atoms with Gasteiger partial charge in [0.05, 0.1) is 0 Å². The zero-order chi connectivity index (χ0) is 12.0. The molecule has 4 N–H and O–H groups in total. The first kappa shape index (κ1) is 12.6. The number of hydrogen-bond donors (Lipinski definition) is 2. The van der Waals surface area contributed by atoms with Gasteiger partial charge in [-0.2, -0.15) is 0 Å². The van der Waals surface area contributed by atoms with Crippen molar-refractivity contribution in [3.8, 4) is 0 Å². The molecule has 88 valence electrons. The quantitative estimate of drug-likeness (QED) is 0.758. The van der Waals surface area contributed by atoms with E-state index in [-0.39, 0.29) is 11.8 Å². The number of Topliss-reactive ketones (excluding diaryl/α,β-unsaturated/α-hetero) is 1. The number of nitrogen functional groups attached to an aromatic ring is 1. The Bertz CT molecular complexity index is 352. The Hall–Kier alpha value is -1.42. The number of carbonyl (C=O) groups excluding carboxylic acids is 1. The molecule has 0 spiro atoms. The van der Waals surface area contributed by atoms with Crippen LogP contribution in [-0.2, 0) is 11.2 Å². The normalized spacial score (nSPS) is 12.4. The number of hydrogen-bond acceptors (Lipinski definition) is 4. The molecule has 0 amide bonds. The second-order valence-corrected chi connectivity index (χ2v) is 4.04. The largest absolute Gasteiger partial charge is 0.398 e. The number of nitrogens with two attached hydrogens (primary N) is 2. The van der Waals surface area contributed by atoms with Gasteiger partial charge in [-0.3, -0.25) is 9.78 Å². The van der Waals surface area contributed by atoms with E-state index in [0.29, 0.717) is 18.5 Å². The van der Waals surface area contributed by atoms with Crippen LogP contribution in [0.5, 0.6) is 0 Å². The molecular formula is C12H19N3O. The molecule has 4 heteroatoms. The average molecular weight is 221 g/mol. The number of aromatic nitrogens is 1. The van der Waals surface area contributed by atoms with Crippen molar-refractivity contribution >= 4 is 11.5 Å². The third-order valence-electron chi connectivity index (χ3n) is 2.48. The Labute approximate surface area is 96.0 Å². The molecule has 0 aliphatic carbocycles. The summed E-state index contributed by atoms with van der Waals surface area (Å²) in [5.74, 6) is 0.126. The molecule has 0 aromatic carbocycles. The molecule has 1 aromatic rings. The second-order valence-electron chi connectivity index (χ2n) is 4.04. The first-order valence-electron chi connectivity index (χ1n) is 5.59. The maximum atomic E-state index is 11.7. The van der Waals surface area contributed by atoms with Gasteiger partial charge in [0.25, 0.3) is 0 Å². The topological polar surface area (TPSA) is 82.0 Å². The highest BCUT2D eigenvalue weighted by molar-refractivity contribution is 5.82. The van der Waals surface area contributed by atoms with Crippen molar-refractivity contribution < 1.29 is 4.79 Å². The first-order valence-corrected chi connectivity index (χ1v) is 5.59. The van der Waals surface area contributed by atoms with Crippen molar-refractivity contribution in [2.75, 3.05) is 5.73 Å². The van der Waals surface area contributed by atoms with Crippen LogP contribution in [0.25, 0.3) is 0 Å². The van der Waals surface area contributed by atoms with Crippen LogP contribution in [0.15, 0.2) is 18.5 Å². The summed E-state index contributed by atoms with van der Waals surface area (Å²) < 4.78 is 0. The summed E-state index contributed by atoms with van der Waals surface area (Å²) in [5.41, 5.74) is 13.0. The smallest absolute Gasteiger partial charge is 0.138 e. The summed E-state index contributed by atoms with van der Waals surface area (Å²) in [6, 6.07) is 1.67. The summed E-state index contributed by atoms with van der Waals surface area (Å²) in [4.78, 5) is 15.6. The molecule has 0 aliphatic heterocycles. The van der Waals surface area contributed by atoms with Crippen LogP contribution in [0.1, 0.15) is 31.7 Å². The van der Waals surface area contributed by atoms with Crippen LogP contribution in [0, 0.1) is 0 Å². The second kappa shape index (κ2) is 6.23. The number of anilines is 1. The third kappa shape index (κ3) is 3.98. The molecule has 4 nitrogen and oxygen atoms in total. The van der Waals surface area contributed by atoms with E-state index < -0.39 is 0 Å². The fraction of sp³-hybridized carbons (Fsp3) is 0.500. The predicted octanol–water partition coefficient (Wildman–Crippen LogP) is 1.29. The lowest BCUT2D eigenvalue weighted by Gasteiger charge is -2.09. The molecule has 1 atom stereocenters. The Morgan fingerprint density at radius 1 is 1.56 bits per heavy atom. The van der Waals surface area contributed by atoms with E-state index in [0.717, 1.165) is 18.4 Å². The van der Waals surface area contributed by atoms with Gasteiger partial charge in [0.2, 0.25) is 0 Å². The standard InChI is InChI=1S/C12H19N3O/c1-2-3-10(13)7-11(16)6-9-8-15-5-4-12(9)14/h4-5,8,10H,2-3,6-7,13H2,1H3,(H2,14,15). The summed E-state index contributed by atoms with van der Waals surface area (Å²) >= 11 is 0. The Morgan fingerprint density at radius 2 is 2.31 bits per heavy atom. The highest BCUT2D eigenvalue weighted by atomic mass is 16.1. The van der Waals surface area contributed by atoms with Crippen LogP contribution >= 0.6 is 0 Å². The molecule has 0 aliphatic rings. The van der Waals surface area contributed by atoms with E-state index in [1.165, 1.54) is 0 Å². The predicted molar refractivity (Wildman–Crippen MR) is 64.9 cm³/mol. The Morgan fingerprint density at radius 3 is 2.94 bits per heavy atom. The van der Waals surface area contributed by atoms with Gasteiger partial charge in [0, 0.05) is 42.5 Å².